The number of anilines is 4. The number of rotatable bonds is 7. The van der Waals surface area contributed by atoms with Gasteiger partial charge >= 0.3 is 0 Å². The van der Waals surface area contributed by atoms with Crippen LogP contribution in [0.3, 0.4) is 0 Å². The molecule has 0 aliphatic heterocycles. The summed E-state index contributed by atoms with van der Waals surface area (Å²) in [4.78, 5) is 2.27. The van der Waals surface area contributed by atoms with Crippen LogP contribution in [0.2, 0.25) is 0 Å². The molecule has 0 aliphatic rings. The third-order valence-corrected chi connectivity index (χ3v) is 8.67. The lowest BCUT2D eigenvalue weighted by atomic mass is 10.0. The van der Waals surface area contributed by atoms with E-state index in [0.29, 0.717) is 11.4 Å². The number of fused-ring (bicyclic) bond motifs is 4. The van der Waals surface area contributed by atoms with Gasteiger partial charge in [0.25, 0.3) is 0 Å². The Morgan fingerprint density at radius 3 is 2.09 bits per heavy atom. The van der Waals surface area contributed by atoms with Crippen molar-refractivity contribution in [1.82, 2.24) is 0 Å². The summed E-state index contributed by atoms with van der Waals surface area (Å²) in [6.45, 7) is 2.06. The van der Waals surface area contributed by atoms with Crippen molar-refractivity contribution in [2.45, 2.75) is 13.0 Å². The molecule has 1 unspecified atom stereocenters. The molecule has 4 heteroatoms. The largest absolute Gasteiger partial charge is 0.483 e. The van der Waals surface area contributed by atoms with Crippen molar-refractivity contribution in [3.05, 3.63) is 163 Å². The van der Waals surface area contributed by atoms with Gasteiger partial charge in [-0.3, -0.25) is 0 Å². The predicted molar refractivity (Wildman–Crippen MR) is 191 cm³/mol. The number of hydrogen-bond donors (Lipinski definition) is 1. The first-order valence-corrected chi connectivity index (χ1v) is 15.5. The van der Waals surface area contributed by atoms with Crippen LogP contribution in [-0.2, 0) is 0 Å². The third-order valence-electron chi connectivity index (χ3n) is 8.67. The Morgan fingerprint density at radius 1 is 0.609 bits per heavy atom. The smallest absolute Gasteiger partial charge is 0.153 e. The van der Waals surface area contributed by atoms with Crippen LogP contribution < -0.4 is 15.4 Å². The van der Waals surface area contributed by atoms with Gasteiger partial charge in [0.15, 0.2) is 5.75 Å². The van der Waals surface area contributed by atoms with Gasteiger partial charge in [0, 0.05) is 27.7 Å². The second-order valence-corrected chi connectivity index (χ2v) is 11.5. The van der Waals surface area contributed by atoms with E-state index in [2.05, 4.69) is 127 Å². The van der Waals surface area contributed by atoms with E-state index >= 15 is 0 Å². The Kier molecular flexibility index (Phi) is 6.88. The summed E-state index contributed by atoms with van der Waals surface area (Å²) >= 11 is 0. The standard InChI is InChI=1S/C42H32N2O2/c1-28(29-12-4-2-5-13-29)45-42-37(43)27-24-31-14-10-20-38(40(31)42)44(32-15-6-3-7-16-32)33-25-22-30(23-26-33)34-18-11-19-36-35-17-8-9-21-39(35)46-41(34)36/h2-28H,43H2,1H3. The fraction of sp³-hybridized carbons (Fsp3) is 0.0476. The van der Waals surface area contributed by atoms with Gasteiger partial charge in [-0.05, 0) is 65.9 Å². The number of benzene rings is 7. The molecule has 0 amide bonds. The maximum absolute atomic E-state index is 6.69. The molecule has 46 heavy (non-hydrogen) atoms. The molecule has 8 aromatic rings. The zero-order valence-electron chi connectivity index (χ0n) is 25.4. The molecule has 222 valence electrons. The maximum Gasteiger partial charge on any atom is 0.153 e. The van der Waals surface area contributed by atoms with E-state index in [-0.39, 0.29) is 6.10 Å². The highest BCUT2D eigenvalue weighted by Crippen LogP contribution is 2.46. The van der Waals surface area contributed by atoms with Crippen LogP contribution in [0, 0.1) is 0 Å². The van der Waals surface area contributed by atoms with Crippen molar-refractivity contribution in [2.24, 2.45) is 0 Å². The van der Waals surface area contributed by atoms with Crippen LogP contribution in [0.4, 0.5) is 22.7 Å². The van der Waals surface area contributed by atoms with Gasteiger partial charge in [-0.25, -0.2) is 0 Å². The molecule has 1 aromatic heterocycles. The normalized spacial score (nSPS) is 12.0. The highest BCUT2D eigenvalue weighted by molar-refractivity contribution is 6.10. The van der Waals surface area contributed by atoms with Gasteiger partial charge < -0.3 is 19.8 Å². The minimum Gasteiger partial charge on any atom is -0.483 e. The van der Waals surface area contributed by atoms with E-state index in [9.17, 15) is 0 Å². The third kappa shape index (κ3) is 4.81. The van der Waals surface area contributed by atoms with E-state index in [1.165, 1.54) is 0 Å². The summed E-state index contributed by atoms with van der Waals surface area (Å²) in [5.41, 5.74) is 15.3. The Hall–Kier alpha value is -6.00. The lowest BCUT2D eigenvalue weighted by Gasteiger charge is -2.28. The van der Waals surface area contributed by atoms with E-state index in [1.807, 2.05) is 42.5 Å². The Bertz CT molecular complexity index is 2310. The molecule has 7 aromatic carbocycles. The van der Waals surface area contributed by atoms with Crippen LogP contribution in [0.15, 0.2) is 162 Å². The molecule has 2 N–H and O–H groups in total. The minimum absolute atomic E-state index is 0.187. The van der Waals surface area contributed by atoms with Gasteiger partial charge in [0.05, 0.1) is 16.8 Å². The average molecular weight is 597 g/mol. The zero-order valence-corrected chi connectivity index (χ0v) is 25.4. The van der Waals surface area contributed by atoms with Crippen LogP contribution in [-0.4, -0.2) is 0 Å². The number of hydrogen-bond acceptors (Lipinski definition) is 4. The average Bonchev–Trinajstić information content (AvgIpc) is 3.50. The second kappa shape index (κ2) is 11.5. The fourth-order valence-corrected chi connectivity index (χ4v) is 6.39. The van der Waals surface area contributed by atoms with Crippen molar-refractivity contribution in [1.29, 1.82) is 0 Å². The van der Waals surface area contributed by atoms with Gasteiger partial charge in [-0.2, -0.15) is 0 Å². The van der Waals surface area contributed by atoms with Crippen molar-refractivity contribution < 1.29 is 9.15 Å². The lowest BCUT2D eigenvalue weighted by molar-refractivity contribution is 0.231. The Balaban J connectivity index is 1.26. The second-order valence-electron chi connectivity index (χ2n) is 11.5. The van der Waals surface area contributed by atoms with Gasteiger partial charge in [-0.15, -0.1) is 0 Å². The van der Waals surface area contributed by atoms with E-state index in [0.717, 1.165) is 66.5 Å². The number of nitrogens with zero attached hydrogens (tertiary/aromatic N) is 1. The molecule has 0 saturated heterocycles. The highest BCUT2D eigenvalue weighted by atomic mass is 16.5. The molecule has 1 heterocycles. The summed E-state index contributed by atoms with van der Waals surface area (Å²) in [5.74, 6) is 0.679. The summed E-state index contributed by atoms with van der Waals surface area (Å²) in [6.07, 6.45) is -0.187. The monoisotopic (exact) mass is 596 g/mol. The molecule has 8 rings (SSSR count). The molecule has 0 fully saturated rings. The molecule has 0 spiro atoms. The maximum atomic E-state index is 6.69. The molecule has 0 saturated carbocycles. The first-order valence-electron chi connectivity index (χ1n) is 15.5. The van der Waals surface area contributed by atoms with E-state index in [4.69, 9.17) is 14.9 Å². The first kappa shape index (κ1) is 27.5. The van der Waals surface area contributed by atoms with Gasteiger partial charge in [0.2, 0.25) is 0 Å². The number of nitrogen functional groups attached to an aromatic ring is 1. The lowest BCUT2D eigenvalue weighted by Crippen LogP contribution is -2.12. The quantitative estimate of drug-likeness (QED) is 0.186. The topological polar surface area (TPSA) is 51.6 Å². The first-order chi connectivity index (χ1) is 22.7. The molecule has 1 atom stereocenters. The van der Waals surface area contributed by atoms with Crippen molar-refractivity contribution >= 4 is 55.5 Å². The minimum atomic E-state index is -0.187. The van der Waals surface area contributed by atoms with Crippen LogP contribution in [0.5, 0.6) is 5.75 Å². The SMILES string of the molecule is CC(Oc1c(N)ccc2cccc(N(c3ccccc3)c3ccc(-c4cccc5c4oc4ccccc45)cc3)c12)c1ccccc1. The van der Waals surface area contributed by atoms with Crippen LogP contribution in [0.25, 0.3) is 43.8 Å². The fourth-order valence-electron chi connectivity index (χ4n) is 6.39. The zero-order chi connectivity index (χ0) is 31.0. The molecule has 0 radical (unpaired) electrons. The van der Waals surface area contributed by atoms with Gasteiger partial charge in [-0.1, -0.05) is 115 Å². The summed E-state index contributed by atoms with van der Waals surface area (Å²) in [7, 11) is 0. The van der Waals surface area contributed by atoms with Crippen molar-refractivity contribution in [3.63, 3.8) is 0 Å². The van der Waals surface area contributed by atoms with E-state index in [1.54, 1.807) is 0 Å². The van der Waals surface area contributed by atoms with Crippen molar-refractivity contribution in [3.8, 4) is 16.9 Å². The van der Waals surface area contributed by atoms with Gasteiger partial charge in [0.1, 0.15) is 17.3 Å². The highest BCUT2D eigenvalue weighted by Gasteiger charge is 2.21. The summed E-state index contributed by atoms with van der Waals surface area (Å²) in [6, 6.07) is 54.2. The number of ether oxygens (including phenoxy) is 1. The Labute approximate surface area is 267 Å². The number of nitrogens with two attached hydrogens (primary N) is 1. The molecular weight excluding hydrogens is 564 g/mol. The molecule has 4 nitrogen and oxygen atoms in total. The molecule has 0 aliphatic carbocycles. The molecule has 0 bridgehead atoms. The van der Waals surface area contributed by atoms with E-state index < -0.39 is 0 Å². The summed E-state index contributed by atoms with van der Waals surface area (Å²) in [5, 5.41) is 4.26. The summed E-state index contributed by atoms with van der Waals surface area (Å²) < 4.78 is 13.0. The van der Waals surface area contributed by atoms with Crippen molar-refractivity contribution in [2.75, 3.05) is 10.6 Å². The number of furan rings is 1. The number of para-hydroxylation sites is 3. The van der Waals surface area contributed by atoms with Crippen LogP contribution >= 0.6 is 0 Å². The van der Waals surface area contributed by atoms with Crippen LogP contribution in [0.1, 0.15) is 18.6 Å². The predicted octanol–water partition coefficient (Wildman–Crippen LogP) is 11.6. The Morgan fingerprint density at radius 2 is 1.28 bits per heavy atom. The molecular formula is C42H32N2O2.